The number of amides is 1. The van der Waals surface area contributed by atoms with Gasteiger partial charge >= 0.3 is 0 Å². The summed E-state index contributed by atoms with van der Waals surface area (Å²) < 4.78 is 5.47. The van der Waals surface area contributed by atoms with Crippen LogP contribution in [-0.2, 0) is 4.79 Å². The maximum Gasteiger partial charge on any atom is 0.262 e. The lowest BCUT2D eigenvalue weighted by Gasteiger charge is -2.11. The van der Waals surface area contributed by atoms with Crippen LogP contribution >= 0.6 is 0 Å². The Balaban J connectivity index is 1.77. The number of aromatic nitrogens is 1. The number of anilines is 1. The summed E-state index contributed by atoms with van der Waals surface area (Å²) in [7, 11) is 0. The molecule has 1 heterocycles. The zero-order valence-electron chi connectivity index (χ0n) is 13.2. The van der Waals surface area contributed by atoms with E-state index in [4.69, 9.17) is 4.74 Å². The van der Waals surface area contributed by atoms with Crippen LogP contribution in [0.3, 0.4) is 0 Å². The number of pyridine rings is 1. The van der Waals surface area contributed by atoms with Gasteiger partial charge in [-0.1, -0.05) is 29.8 Å². The fourth-order valence-electron chi connectivity index (χ4n) is 2.57. The Morgan fingerprint density at radius 1 is 1.13 bits per heavy atom. The first-order valence-corrected chi connectivity index (χ1v) is 7.47. The van der Waals surface area contributed by atoms with Crippen molar-refractivity contribution >= 4 is 22.5 Å². The Hall–Kier alpha value is -2.88. The zero-order valence-corrected chi connectivity index (χ0v) is 13.2. The molecule has 4 nitrogen and oxygen atoms in total. The first-order chi connectivity index (χ1) is 11.1. The third kappa shape index (κ3) is 3.48. The van der Waals surface area contributed by atoms with Crippen LogP contribution in [0.1, 0.15) is 11.1 Å². The highest BCUT2D eigenvalue weighted by molar-refractivity contribution is 6.02. The number of carbonyl (C=O) groups excluding carboxylic acids is 1. The highest BCUT2D eigenvalue weighted by atomic mass is 16.5. The van der Waals surface area contributed by atoms with E-state index >= 15 is 0 Å². The molecule has 0 bridgehead atoms. The Morgan fingerprint density at radius 3 is 2.70 bits per heavy atom. The van der Waals surface area contributed by atoms with E-state index in [0.29, 0.717) is 5.75 Å². The molecule has 1 aromatic heterocycles. The van der Waals surface area contributed by atoms with Crippen LogP contribution in [0, 0.1) is 13.8 Å². The Kier molecular flexibility index (Phi) is 4.24. The van der Waals surface area contributed by atoms with Crippen molar-refractivity contribution in [2.24, 2.45) is 0 Å². The number of nitrogens with one attached hydrogen (secondary N) is 1. The molecule has 3 aromatic rings. The molecule has 0 spiro atoms. The highest BCUT2D eigenvalue weighted by Gasteiger charge is 2.09. The number of hydrogen-bond donors (Lipinski definition) is 1. The number of ether oxygens (including phenoxy) is 1. The quantitative estimate of drug-likeness (QED) is 0.796. The normalized spacial score (nSPS) is 10.5. The molecule has 0 saturated heterocycles. The third-order valence-electron chi connectivity index (χ3n) is 3.57. The van der Waals surface area contributed by atoms with Crippen molar-refractivity contribution in [1.29, 1.82) is 0 Å². The molecule has 0 fully saturated rings. The average Bonchev–Trinajstić information content (AvgIpc) is 2.55. The zero-order chi connectivity index (χ0) is 16.2. The summed E-state index contributed by atoms with van der Waals surface area (Å²) in [6, 6.07) is 15.2. The molecule has 0 radical (unpaired) electrons. The van der Waals surface area contributed by atoms with Crippen LogP contribution in [0.5, 0.6) is 5.75 Å². The average molecular weight is 306 g/mol. The van der Waals surface area contributed by atoms with Crippen molar-refractivity contribution in [3.63, 3.8) is 0 Å². The predicted octanol–water partition coefficient (Wildman–Crippen LogP) is 3.87. The SMILES string of the molecule is Cc1cc(C)c2nccc(NC(=O)COc3ccccc3)c2c1. The second kappa shape index (κ2) is 6.48. The highest BCUT2D eigenvalue weighted by Crippen LogP contribution is 2.25. The number of carbonyl (C=O) groups is 1. The van der Waals surface area contributed by atoms with Crippen LogP contribution in [0.4, 0.5) is 5.69 Å². The van der Waals surface area contributed by atoms with E-state index in [1.807, 2.05) is 56.3 Å². The smallest absolute Gasteiger partial charge is 0.262 e. The second-order valence-corrected chi connectivity index (χ2v) is 5.49. The molecule has 0 atom stereocenters. The molecule has 1 N–H and O–H groups in total. The molecule has 3 rings (SSSR count). The van der Waals surface area contributed by atoms with Gasteiger partial charge in [0, 0.05) is 11.6 Å². The summed E-state index contributed by atoms with van der Waals surface area (Å²) >= 11 is 0. The van der Waals surface area contributed by atoms with Crippen molar-refractivity contribution in [3.05, 3.63) is 65.9 Å². The van der Waals surface area contributed by atoms with Crippen molar-refractivity contribution in [2.75, 3.05) is 11.9 Å². The van der Waals surface area contributed by atoms with Crippen molar-refractivity contribution in [3.8, 4) is 5.75 Å². The number of fused-ring (bicyclic) bond motifs is 1. The van der Waals surface area contributed by atoms with Gasteiger partial charge in [-0.25, -0.2) is 0 Å². The van der Waals surface area contributed by atoms with E-state index < -0.39 is 0 Å². The van der Waals surface area contributed by atoms with E-state index in [1.165, 1.54) is 0 Å². The van der Waals surface area contributed by atoms with Gasteiger partial charge in [0.1, 0.15) is 5.75 Å². The Morgan fingerprint density at radius 2 is 1.91 bits per heavy atom. The standard InChI is InChI=1S/C19H18N2O2/c1-13-10-14(2)19-16(11-13)17(8-9-20-19)21-18(22)12-23-15-6-4-3-5-7-15/h3-11H,12H2,1-2H3,(H,20,21,22). The first kappa shape index (κ1) is 15.0. The van der Waals surface area contributed by atoms with E-state index in [-0.39, 0.29) is 12.5 Å². The molecule has 23 heavy (non-hydrogen) atoms. The molecular formula is C19H18N2O2. The fourth-order valence-corrected chi connectivity index (χ4v) is 2.57. The topological polar surface area (TPSA) is 51.2 Å². The lowest BCUT2D eigenvalue weighted by molar-refractivity contribution is -0.118. The van der Waals surface area contributed by atoms with E-state index in [0.717, 1.165) is 27.7 Å². The fraction of sp³-hybridized carbons (Fsp3) is 0.158. The van der Waals surface area contributed by atoms with E-state index in [9.17, 15) is 4.79 Å². The van der Waals surface area contributed by atoms with Gasteiger partial charge in [0.2, 0.25) is 0 Å². The van der Waals surface area contributed by atoms with Crippen molar-refractivity contribution in [1.82, 2.24) is 4.98 Å². The summed E-state index contributed by atoms with van der Waals surface area (Å²) in [4.78, 5) is 16.5. The number of para-hydroxylation sites is 1. The number of rotatable bonds is 4. The third-order valence-corrected chi connectivity index (χ3v) is 3.57. The lowest BCUT2D eigenvalue weighted by atomic mass is 10.1. The summed E-state index contributed by atoms with van der Waals surface area (Å²) in [5.41, 5.74) is 3.89. The molecule has 2 aromatic carbocycles. The molecule has 0 aliphatic rings. The second-order valence-electron chi connectivity index (χ2n) is 5.49. The molecule has 0 unspecified atom stereocenters. The molecule has 1 amide bonds. The number of benzene rings is 2. The summed E-state index contributed by atoms with van der Waals surface area (Å²) in [5.74, 6) is 0.481. The summed E-state index contributed by atoms with van der Waals surface area (Å²) in [6.45, 7) is 4.02. The van der Waals surface area contributed by atoms with Crippen LogP contribution in [0.15, 0.2) is 54.7 Å². The van der Waals surface area contributed by atoms with Crippen LogP contribution in [-0.4, -0.2) is 17.5 Å². The first-order valence-electron chi connectivity index (χ1n) is 7.47. The van der Waals surface area contributed by atoms with E-state index in [2.05, 4.69) is 16.4 Å². The maximum atomic E-state index is 12.1. The van der Waals surface area contributed by atoms with Crippen LogP contribution < -0.4 is 10.1 Å². The molecule has 116 valence electrons. The largest absolute Gasteiger partial charge is 0.484 e. The van der Waals surface area contributed by atoms with Gasteiger partial charge < -0.3 is 10.1 Å². The van der Waals surface area contributed by atoms with Gasteiger partial charge in [0.25, 0.3) is 5.91 Å². The monoisotopic (exact) mass is 306 g/mol. The van der Waals surface area contributed by atoms with Gasteiger partial charge in [-0.15, -0.1) is 0 Å². The molecule has 4 heteroatoms. The minimum atomic E-state index is -0.194. The number of hydrogen-bond acceptors (Lipinski definition) is 3. The summed E-state index contributed by atoms with van der Waals surface area (Å²) in [5, 5.41) is 3.85. The maximum absolute atomic E-state index is 12.1. The van der Waals surface area contributed by atoms with Gasteiger partial charge in [-0.3, -0.25) is 9.78 Å². The van der Waals surface area contributed by atoms with Crippen molar-refractivity contribution < 1.29 is 9.53 Å². The van der Waals surface area contributed by atoms with Crippen LogP contribution in [0.2, 0.25) is 0 Å². The molecule has 0 aliphatic carbocycles. The molecule has 0 saturated carbocycles. The number of aryl methyl sites for hydroxylation is 2. The molecule has 0 aliphatic heterocycles. The Labute approximate surface area is 135 Å². The van der Waals surface area contributed by atoms with Gasteiger partial charge in [-0.05, 0) is 43.7 Å². The lowest BCUT2D eigenvalue weighted by Crippen LogP contribution is -2.20. The summed E-state index contributed by atoms with van der Waals surface area (Å²) in [6.07, 6.45) is 1.71. The molecular weight excluding hydrogens is 288 g/mol. The van der Waals surface area contributed by atoms with Gasteiger partial charge in [0.15, 0.2) is 6.61 Å². The number of nitrogens with zero attached hydrogens (tertiary/aromatic N) is 1. The van der Waals surface area contributed by atoms with Crippen molar-refractivity contribution in [2.45, 2.75) is 13.8 Å². The minimum Gasteiger partial charge on any atom is -0.484 e. The van der Waals surface area contributed by atoms with Gasteiger partial charge in [-0.2, -0.15) is 0 Å². The predicted molar refractivity (Wildman–Crippen MR) is 91.8 cm³/mol. The van der Waals surface area contributed by atoms with E-state index in [1.54, 1.807) is 6.20 Å². The van der Waals surface area contributed by atoms with Gasteiger partial charge in [0.05, 0.1) is 11.2 Å². The minimum absolute atomic E-state index is 0.0291. The Bertz CT molecular complexity index is 845. The van der Waals surface area contributed by atoms with Crippen LogP contribution in [0.25, 0.3) is 10.9 Å².